The second-order valence-electron chi connectivity index (χ2n) is 5.10. The quantitative estimate of drug-likeness (QED) is 0.579. The van der Waals surface area contributed by atoms with Crippen molar-refractivity contribution < 1.29 is 4.79 Å². The molecule has 0 atom stereocenters. The maximum atomic E-state index is 12.8. The number of hydrogen-bond acceptors (Lipinski definition) is 1. The minimum absolute atomic E-state index is 0.0351. The van der Waals surface area contributed by atoms with Gasteiger partial charge in [-0.3, -0.25) is 4.79 Å². The summed E-state index contributed by atoms with van der Waals surface area (Å²) in [5.41, 5.74) is 3.34. The number of aromatic nitrogens is 1. The predicted molar refractivity (Wildman–Crippen MR) is 90.2 cm³/mol. The van der Waals surface area contributed by atoms with Crippen LogP contribution < -0.4 is 0 Å². The summed E-state index contributed by atoms with van der Waals surface area (Å²) < 4.78 is 2.91. The van der Waals surface area contributed by atoms with E-state index in [4.69, 9.17) is 11.6 Å². The maximum Gasteiger partial charge on any atom is 0.195 e. The summed E-state index contributed by atoms with van der Waals surface area (Å²) in [5.74, 6) is 0.0351. The summed E-state index contributed by atoms with van der Waals surface area (Å²) in [4.78, 5) is 12.8. The summed E-state index contributed by atoms with van der Waals surface area (Å²) in [6.45, 7) is 1.94. The number of hydrogen-bond donors (Lipinski definition) is 0. The van der Waals surface area contributed by atoms with E-state index in [9.17, 15) is 4.79 Å². The molecular formula is C17H13BrClNO. The molecule has 0 fully saturated rings. The highest BCUT2D eigenvalue weighted by atomic mass is 79.9. The summed E-state index contributed by atoms with van der Waals surface area (Å²) in [7, 11) is 1.92. The number of aryl methyl sites for hydroxylation is 2. The Kier molecular flexibility index (Phi) is 3.64. The zero-order valence-corrected chi connectivity index (χ0v) is 14.0. The molecule has 1 aromatic heterocycles. The molecule has 0 spiro atoms. The first kappa shape index (κ1) is 14.4. The number of carbonyl (C=O) groups is 1. The average molecular weight is 363 g/mol. The zero-order valence-electron chi connectivity index (χ0n) is 11.7. The SMILES string of the molecule is Cc1cc(Br)ccc1C(=O)c1cn(C)c2cc(Cl)ccc12. The van der Waals surface area contributed by atoms with Gasteiger partial charge < -0.3 is 4.57 Å². The Morgan fingerprint density at radius 2 is 1.90 bits per heavy atom. The second kappa shape index (κ2) is 5.32. The molecule has 0 aliphatic carbocycles. The molecule has 1 heterocycles. The van der Waals surface area contributed by atoms with Crippen LogP contribution in [-0.4, -0.2) is 10.4 Å². The lowest BCUT2D eigenvalue weighted by Crippen LogP contribution is -2.03. The van der Waals surface area contributed by atoms with Crippen molar-refractivity contribution in [2.45, 2.75) is 6.92 Å². The van der Waals surface area contributed by atoms with Crippen LogP contribution in [0.5, 0.6) is 0 Å². The van der Waals surface area contributed by atoms with Gasteiger partial charge in [-0.15, -0.1) is 0 Å². The summed E-state index contributed by atoms with van der Waals surface area (Å²) in [5, 5.41) is 1.59. The van der Waals surface area contributed by atoms with E-state index < -0.39 is 0 Å². The van der Waals surface area contributed by atoms with Crippen molar-refractivity contribution in [3.05, 3.63) is 68.8 Å². The van der Waals surface area contributed by atoms with Crippen molar-refractivity contribution in [2.24, 2.45) is 7.05 Å². The zero-order chi connectivity index (χ0) is 15.1. The molecule has 0 aliphatic heterocycles. The molecule has 3 aromatic rings. The van der Waals surface area contributed by atoms with E-state index in [1.807, 2.05) is 61.1 Å². The molecule has 3 rings (SSSR count). The normalized spacial score (nSPS) is 11.0. The van der Waals surface area contributed by atoms with Crippen LogP contribution in [-0.2, 0) is 7.05 Å². The Bertz CT molecular complexity index is 867. The smallest absolute Gasteiger partial charge is 0.195 e. The van der Waals surface area contributed by atoms with Crippen LogP contribution in [0, 0.1) is 6.92 Å². The lowest BCUT2D eigenvalue weighted by molar-refractivity contribution is 0.103. The van der Waals surface area contributed by atoms with Gasteiger partial charge in [-0.2, -0.15) is 0 Å². The molecule has 4 heteroatoms. The Hall–Kier alpha value is -1.58. The van der Waals surface area contributed by atoms with Crippen LogP contribution in [0.4, 0.5) is 0 Å². The lowest BCUT2D eigenvalue weighted by atomic mass is 9.99. The Morgan fingerprint density at radius 1 is 1.14 bits per heavy atom. The van der Waals surface area contributed by atoms with E-state index in [0.29, 0.717) is 10.6 Å². The van der Waals surface area contributed by atoms with Crippen LogP contribution in [0.2, 0.25) is 5.02 Å². The number of fused-ring (bicyclic) bond motifs is 1. The van der Waals surface area contributed by atoms with Gasteiger partial charge in [0.1, 0.15) is 0 Å². The van der Waals surface area contributed by atoms with Crippen LogP contribution in [0.1, 0.15) is 21.5 Å². The molecule has 106 valence electrons. The molecular weight excluding hydrogens is 350 g/mol. The third-order valence-electron chi connectivity index (χ3n) is 3.63. The third kappa shape index (κ3) is 2.52. The number of ketones is 1. The molecule has 21 heavy (non-hydrogen) atoms. The van der Waals surface area contributed by atoms with Crippen LogP contribution in [0.15, 0.2) is 47.1 Å². The van der Waals surface area contributed by atoms with Gasteiger partial charge in [0.05, 0.1) is 0 Å². The first-order chi connectivity index (χ1) is 9.97. The highest BCUT2D eigenvalue weighted by Crippen LogP contribution is 2.27. The van der Waals surface area contributed by atoms with E-state index in [-0.39, 0.29) is 5.78 Å². The van der Waals surface area contributed by atoms with Crippen molar-refractivity contribution in [3.8, 4) is 0 Å². The van der Waals surface area contributed by atoms with E-state index in [0.717, 1.165) is 26.5 Å². The van der Waals surface area contributed by atoms with Gasteiger partial charge in [-0.1, -0.05) is 33.6 Å². The molecule has 0 saturated heterocycles. The van der Waals surface area contributed by atoms with Gasteiger partial charge in [-0.25, -0.2) is 0 Å². The minimum atomic E-state index is 0.0351. The molecule has 0 aliphatic rings. The fourth-order valence-corrected chi connectivity index (χ4v) is 3.21. The first-order valence-electron chi connectivity index (χ1n) is 6.53. The van der Waals surface area contributed by atoms with Gasteiger partial charge in [0, 0.05) is 44.8 Å². The average Bonchev–Trinajstić information content (AvgIpc) is 2.75. The molecule has 0 amide bonds. The number of halogens is 2. The minimum Gasteiger partial charge on any atom is -0.350 e. The van der Waals surface area contributed by atoms with Crippen LogP contribution in [0.25, 0.3) is 10.9 Å². The van der Waals surface area contributed by atoms with Gasteiger partial charge in [-0.05, 0) is 42.8 Å². The van der Waals surface area contributed by atoms with Gasteiger partial charge in [0.2, 0.25) is 0 Å². The molecule has 0 N–H and O–H groups in total. The van der Waals surface area contributed by atoms with Crippen molar-refractivity contribution in [1.82, 2.24) is 4.57 Å². The third-order valence-corrected chi connectivity index (χ3v) is 4.36. The maximum absolute atomic E-state index is 12.8. The van der Waals surface area contributed by atoms with Crippen molar-refractivity contribution in [1.29, 1.82) is 0 Å². The molecule has 0 saturated carbocycles. The van der Waals surface area contributed by atoms with E-state index in [2.05, 4.69) is 15.9 Å². The molecule has 0 bridgehead atoms. The molecule has 0 unspecified atom stereocenters. The Morgan fingerprint density at radius 3 is 2.62 bits per heavy atom. The summed E-state index contributed by atoms with van der Waals surface area (Å²) in [6, 6.07) is 11.3. The van der Waals surface area contributed by atoms with E-state index in [1.54, 1.807) is 0 Å². The second-order valence-corrected chi connectivity index (χ2v) is 6.46. The largest absolute Gasteiger partial charge is 0.350 e. The van der Waals surface area contributed by atoms with Crippen molar-refractivity contribution in [2.75, 3.05) is 0 Å². The monoisotopic (exact) mass is 361 g/mol. The number of nitrogens with zero attached hydrogens (tertiary/aromatic N) is 1. The standard InChI is InChI=1S/C17H13BrClNO/c1-10-7-11(18)3-5-13(10)17(21)15-9-20(2)16-8-12(19)4-6-14(15)16/h3-9H,1-2H3. The van der Waals surface area contributed by atoms with Gasteiger partial charge >= 0.3 is 0 Å². The number of rotatable bonds is 2. The number of benzene rings is 2. The highest BCUT2D eigenvalue weighted by Gasteiger charge is 2.17. The topological polar surface area (TPSA) is 22.0 Å². The molecule has 2 aromatic carbocycles. The van der Waals surface area contributed by atoms with E-state index in [1.165, 1.54) is 0 Å². The summed E-state index contributed by atoms with van der Waals surface area (Å²) >= 11 is 9.46. The van der Waals surface area contributed by atoms with Crippen LogP contribution >= 0.6 is 27.5 Å². The first-order valence-corrected chi connectivity index (χ1v) is 7.70. The lowest BCUT2D eigenvalue weighted by Gasteiger charge is -2.05. The Labute approximate surface area is 136 Å². The van der Waals surface area contributed by atoms with Crippen LogP contribution in [0.3, 0.4) is 0 Å². The highest BCUT2D eigenvalue weighted by molar-refractivity contribution is 9.10. The fraction of sp³-hybridized carbons (Fsp3) is 0.118. The molecule has 0 radical (unpaired) electrons. The van der Waals surface area contributed by atoms with Gasteiger partial charge in [0.15, 0.2) is 5.78 Å². The predicted octanol–water partition coefficient (Wildman–Crippen LogP) is 5.13. The fourth-order valence-electron chi connectivity index (χ4n) is 2.56. The Balaban J connectivity index is 2.18. The van der Waals surface area contributed by atoms with Gasteiger partial charge in [0.25, 0.3) is 0 Å². The number of carbonyl (C=O) groups excluding carboxylic acids is 1. The van der Waals surface area contributed by atoms with Crippen molar-refractivity contribution in [3.63, 3.8) is 0 Å². The van der Waals surface area contributed by atoms with E-state index >= 15 is 0 Å². The molecule has 2 nitrogen and oxygen atoms in total. The summed E-state index contributed by atoms with van der Waals surface area (Å²) in [6.07, 6.45) is 1.87. The van der Waals surface area contributed by atoms with Crippen molar-refractivity contribution >= 4 is 44.2 Å².